The number of pyridine rings is 2. The van der Waals surface area contributed by atoms with Gasteiger partial charge in [0.15, 0.2) is 12.9 Å². The first-order chi connectivity index (χ1) is 20.2. The Labute approximate surface area is 244 Å². The van der Waals surface area contributed by atoms with Gasteiger partial charge in [-0.15, -0.1) is 0 Å². The van der Waals surface area contributed by atoms with Gasteiger partial charge in [0.25, 0.3) is 5.56 Å². The van der Waals surface area contributed by atoms with Crippen LogP contribution in [0.3, 0.4) is 0 Å². The molecule has 4 aliphatic rings. The molecule has 224 valence electrons. The normalized spacial score (nSPS) is 22.9. The van der Waals surface area contributed by atoms with Gasteiger partial charge < -0.3 is 34.3 Å². The summed E-state index contributed by atoms with van der Waals surface area (Å²) in [6.07, 6.45) is 4.46. The Kier molecular flexibility index (Phi) is 6.90. The van der Waals surface area contributed by atoms with Crippen LogP contribution in [0.2, 0.25) is 5.02 Å². The molecule has 0 unspecified atom stereocenters. The van der Waals surface area contributed by atoms with Crippen molar-refractivity contribution in [2.45, 2.75) is 43.9 Å². The van der Waals surface area contributed by atoms with Crippen LogP contribution in [0, 0.1) is 17.7 Å². The molecule has 1 aromatic carbocycles. The Morgan fingerprint density at radius 2 is 1.81 bits per heavy atom. The molecule has 42 heavy (non-hydrogen) atoms. The molecule has 9 nitrogen and oxygen atoms in total. The number of anilines is 4. The molecule has 5 heterocycles. The molecule has 1 atom stereocenters. The van der Waals surface area contributed by atoms with Gasteiger partial charge in [-0.1, -0.05) is 11.6 Å². The maximum absolute atomic E-state index is 15.5. The summed E-state index contributed by atoms with van der Waals surface area (Å²) in [4.78, 5) is 19.7. The molecule has 3 aromatic rings. The van der Waals surface area contributed by atoms with Crippen molar-refractivity contribution in [2.75, 3.05) is 48.4 Å². The second-order valence-electron chi connectivity index (χ2n) is 11.5. The fourth-order valence-electron chi connectivity index (χ4n) is 6.21. The van der Waals surface area contributed by atoms with E-state index < -0.39 is 29.9 Å². The molecule has 0 bridgehead atoms. The number of nitrogens with zero attached hydrogens (tertiary/aromatic N) is 3. The van der Waals surface area contributed by atoms with Gasteiger partial charge >= 0.3 is 5.92 Å². The van der Waals surface area contributed by atoms with Gasteiger partial charge in [-0.3, -0.25) is 4.79 Å². The average Bonchev–Trinajstić information content (AvgIpc) is 3.69. The monoisotopic (exact) mass is 605 g/mol. The van der Waals surface area contributed by atoms with Crippen LogP contribution in [0.15, 0.2) is 29.2 Å². The lowest BCUT2D eigenvalue weighted by molar-refractivity contribution is -0.0889. The van der Waals surface area contributed by atoms with E-state index in [1.165, 1.54) is 29.9 Å². The number of aryl methyl sites for hydroxylation is 1. The number of halogens is 4. The fraction of sp³-hybridized carbons (Fsp3) is 0.517. The zero-order valence-electron chi connectivity index (χ0n) is 23.0. The highest BCUT2D eigenvalue weighted by molar-refractivity contribution is 6.33. The first kappa shape index (κ1) is 27.6. The highest BCUT2D eigenvalue weighted by Crippen LogP contribution is 2.46. The quantitative estimate of drug-likeness (QED) is 0.406. The first-order valence-electron chi connectivity index (χ1n) is 14.2. The number of benzene rings is 1. The van der Waals surface area contributed by atoms with Crippen LogP contribution in [0.25, 0.3) is 10.9 Å². The number of aromatic nitrogens is 2. The van der Waals surface area contributed by atoms with E-state index in [1.807, 2.05) is 0 Å². The zero-order chi connectivity index (χ0) is 29.2. The van der Waals surface area contributed by atoms with Gasteiger partial charge in [0.05, 0.1) is 53.1 Å². The summed E-state index contributed by atoms with van der Waals surface area (Å²) in [6.45, 7) is 1.85. The maximum Gasteiger partial charge on any atom is 0.301 e. The lowest BCUT2D eigenvalue weighted by atomic mass is 9.96. The third-order valence-electron chi connectivity index (χ3n) is 8.71. The van der Waals surface area contributed by atoms with Crippen molar-refractivity contribution >= 4 is 45.4 Å². The second-order valence-corrected chi connectivity index (χ2v) is 11.9. The van der Waals surface area contributed by atoms with Crippen molar-refractivity contribution in [1.82, 2.24) is 9.55 Å². The van der Waals surface area contributed by atoms with E-state index in [0.29, 0.717) is 48.9 Å². The molecule has 1 saturated carbocycles. The largest absolute Gasteiger partial charge is 0.480 e. The molecular formula is C29H31ClF3N5O4. The molecule has 2 aromatic heterocycles. The van der Waals surface area contributed by atoms with Crippen molar-refractivity contribution in [3.8, 4) is 5.75 Å². The van der Waals surface area contributed by atoms with Gasteiger partial charge in [-0.05, 0) is 37.7 Å². The van der Waals surface area contributed by atoms with E-state index >= 15 is 4.39 Å². The van der Waals surface area contributed by atoms with E-state index in [0.717, 1.165) is 25.9 Å². The molecule has 2 N–H and O–H groups in total. The molecule has 0 radical (unpaired) electrons. The minimum atomic E-state index is -3.18. The number of hydrogen-bond donors (Lipinski definition) is 2. The minimum Gasteiger partial charge on any atom is -0.480 e. The van der Waals surface area contributed by atoms with Gasteiger partial charge in [-0.2, -0.15) is 0 Å². The third kappa shape index (κ3) is 4.92. The summed E-state index contributed by atoms with van der Waals surface area (Å²) >= 11 is 6.48. The highest BCUT2D eigenvalue weighted by Gasteiger charge is 2.51. The van der Waals surface area contributed by atoms with Crippen molar-refractivity contribution < 1.29 is 27.4 Å². The smallest absolute Gasteiger partial charge is 0.301 e. The Bertz CT molecular complexity index is 1590. The van der Waals surface area contributed by atoms with E-state index in [9.17, 15) is 13.6 Å². The van der Waals surface area contributed by atoms with Crippen LogP contribution in [0.1, 0.15) is 25.7 Å². The SMILES string of the molecule is Cn1c(=O)c2c(c3cc(Nc4cc(N5CCC(C6OCCO6)CC5)ncc4Cl)c(F)cc31)N[C@@H](C1CC1)C(F)(F)CO2. The van der Waals surface area contributed by atoms with Crippen LogP contribution >= 0.6 is 11.6 Å². The fourth-order valence-corrected chi connectivity index (χ4v) is 6.36. The molecule has 0 amide bonds. The number of fused-ring (bicyclic) bond motifs is 3. The standard InChI is InChI=1S/C29H31ClF3N5O4/c1-37-22-11-19(31)21(10-17(22)24-25(27(37)39)42-14-29(32,33)26(36-24)15-2-3-15)35-20-12-23(34-13-18(20)30)38-6-4-16(5-7-38)28-40-8-9-41-28/h10-13,15-16,26,28,36H,2-9,14H2,1H3,(H,34,35)/t26-/m0/s1. The summed E-state index contributed by atoms with van der Waals surface area (Å²) in [5.41, 5.74) is 0.278. The maximum atomic E-state index is 15.5. The molecule has 13 heteroatoms. The average molecular weight is 606 g/mol. The molecular weight excluding hydrogens is 575 g/mol. The molecule has 3 aliphatic heterocycles. The summed E-state index contributed by atoms with van der Waals surface area (Å²) in [5.74, 6) is -3.23. The molecule has 2 saturated heterocycles. The summed E-state index contributed by atoms with van der Waals surface area (Å²) in [7, 11) is 1.46. The number of alkyl halides is 2. The van der Waals surface area contributed by atoms with E-state index in [-0.39, 0.29) is 39.9 Å². The van der Waals surface area contributed by atoms with Crippen LogP contribution in [0.5, 0.6) is 5.75 Å². The van der Waals surface area contributed by atoms with E-state index in [1.54, 1.807) is 6.07 Å². The van der Waals surface area contributed by atoms with Crippen LogP contribution in [-0.2, 0) is 16.5 Å². The second kappa shape index (κ2) is 10.5. The predicted octanol–water partition coefficient (Wildman–Crippen LogP) is 5.28. The van der Waals surface area contributed by atoms with Crippen LogP contribution in [-0.4, -0.2) is 60.7 Å². The van der Waals surface area contributed by atoms with E-state index in [4.69, 9.17) is 25.8 Å². The van der Waals surface area contributed by atoms with Crippen molar-refractivity contribution in [3.63, 3.8) is 0 Å². The summed E-state index contributed by atoms with van der Waals surface area (Å²) < 4.78 is 63.4. The van der Waals surface area contributed by atoms with Crippen LogP contribution in [0.4, 0.5) is 36.1 Å². The van der Waals surface area contributed by atoms with Gasteiger partial charge in [0.2, 0.25) is 5.75 Å². The Balaban J connectivity index is 1.20. The lowest BCUT2D eigenvalue weighted by Gasteiger charge is -2.34. The Morgan fingerprint density at radius 3 is 2.52 bits per heavy atom. The Hall–Kier alpha value is -3.22. The number of nitrogens with one attached hydrogen (secondary N) is 2. The molecule has 1 aliphatic carbocycles. The highest BCUT2D eigenvalue weighted by atomic mass is 35.5. The molecule has 7 rings (SSSR count). The summed E-state index contributed by atoms with van der Waals surface area (Å²) in [6, 6.07) is 3.28. The number of ether oxygens (including phenoxy) is 3. The zero-order valence-corrected chi connectivity index (χ0v) is 23.7. The Morgan fingerprint density at radius 1 is 1.07 bits per heavy atom. The molecule has 0 spiro atoms. The van der Waals surface area contributed by atoms with Crippen LogP contribution < -0.4 is 25.8 Å². The lowest BCUT2D eigenvalue weighted by Crippen LogP contribution is -2.44. The van der Waals surface area contributed by atoms with Gasteiger partial charge in [0.1, 0.15) is 11.6 Å². The first-order valence-corrected chi connectivity index (χ1v) is 14.6. The predicted molar refractivity (Wildman–Crippen MR) is 153 cm³/mol. The number of piperidine rings is 1. The van der Waals surface area contributed by atoms with Gasteiger partial charge in [0, 0.05) is 43.6 Å². The van der Waals surface area contributed by atoms with Crippen molar-refractivity contribution in [2.24, 2.45) is 18.9 Å². The van der Waals surface area contributed by atoms with Gasteiger partial charge in [-0.25, -0.2) is 18.2 Å². The topological polar surface area (TPSA) is 89.9 Å². The summed E-state index contributed by atoms with van der Waals surface area (Å²) in [5, 5.41) is 6.65. The minimum absolute atomic E-state index is 0.0671. The molecule has 3 fully saturated rings. The number of rotatable bonds is 5. The van der Waals surface area contributed by atoms with Crippen molar-refractivity contribution in [3.05, 3.63) is 45.6 Å². The number of hydrogen-bond acceptors (Lipinski definition) is 8. The van der Waals surface area contributed by atoms with Crippen molar-refractivity contribution in [1.29, 1.82) is 0 Å². The van der Waals surface area contributed by atoms with E-state index in [2.05, 4.69) is 20.5 Å². The third-order valence-corrected chi connectivity index (χ3v) is 9.01.